The normalized spacial score (nSPS) is 17.3. The number of halogens is 1. The summed E-state index contributed by atoms with van der Waals surface area (Å²) in [6.45, 7) is 3.50. The van der Waals surface area contributed by atoms with Crippen LogP contribution in [0.2, 0.25) is 0 Å². The minimum absolute atomic E-state index is 0. The summed E-state index contributed by atoms with van der Waals surface area (Å²) in [4.78, 5) is 15.0. The highest BCUT2D eigenvalue weighted by molar-refractivity contribution is 5.93. The molecule has 0 aliphatic carbocycles. The van der Waals surface area contributed by atoms with E-state index >= 15 is 0 Å². The van der Waals surface area contributed by atoms with Gasteiger partial charge in [0.1, 0.15) is 0 Å². The molecule has 1 amide bonds. The SMILES string of the molecule is CCC(=O)N(CC1(CCc2ccccc2)NCCc2ccccc21)c1ccccc1.Cl. The van der Waals surface area contributed by atoms with Crippen LogP contribution >= 0.6 is 12.4 Å². The van der Waals surface area contributed by atoms with E-state index in [0.717, 1.165) is 31.5 Å². The molecule has 4 heteroatoms. The topological polar surface area (TPSA) is 32.3 Å². The van der Waals surface area contributed by atoms with Crippen LogP contribution in [0.3, 0.4) is 0 Å². The van der Waals surface area contributed by atoms with Gasteiger partial charge in [-0.1, -0.05) is 79.7 Å². The Hall–Kier alpha value is -2.62. The zero-order valence-corrected chi connectivity index (χ0v) is 18.9. The maximum atomic E-state index is 13.0. The van der Waals surface area contributed by atoms with E-state index in [1.54, 1.807) is 0 Å². The highest BCUT2D eigenvalue weighted by Crippen LogP contribution is 2.35. The van der Waals surface area contributed by atoms with E-state index in [1.165, 1.54) is 16.7 Å². The van der Waals surface area contributed by atoms with Gasteiger partial charge in [-0.3, -0.25) is 4.79 Å². The van der Waals surface area contributed by atoms with Gasteiger partial charge in [-0.05, 0) is 48.1 Å². The molecular formula is C27H31ClN2O. The first-order chi connectivity index (χ1) is 14.7. The van der Waals surface area contributed by atoms with E-state index < -0.39 is 0 Å². The summed E-state index contributed by atoms with van der Waals surface area (Å²) in [6.07, 6.45) is 3.42. The summed E-state index contributed by atoms with van der Waals surface area (Å²) >= 11 is 0. The highest BCUT2D eigenvalue weighted by Gasteiger charge is 2.38. The van der Waals surface area contributed by atoms with Gasteiger partial charge in [0.05, 0.1) is 5.54 Å². The fraction of sp³-hybridized carbons (Fsp3) is 0.296. The quantitative estimate of drug-likeness (QED) is 0.530. The standard InChI is InChI=1S/C27H30N2O.ClH/c1-2-26(30)29(24-14-7-4-8-15-24)21-27(19-17-22-11-5-3-6-12-22)25-16-10-9-13-23(25)18-20-28-27;/h3-16,28H,2,17-21H2,1H3;1H. The Balaban J connectivity index is 0.00000272. The van der Waals surface area contributed by atoms with Crippen molar-refractivity contribution < 1.29 is 4.79 Å². The van der Waals surface area contributed by atoms with Crippen LogP contribution in [0, 0.1) is 0 Å². The number of benzene rings is 3. The number of amides is 1. The lowest BCUT2D eigenvalue weighted by atomic mass is 9.78. The molecule has 1 atom stereocenters. The molecule has 4 rings (SSSR count). The van der Waals surface area contributed by atoms with Gasteiger partial charge in [-0.25, -0.2) is 0 Å². The highest BCUT2D eigenvalue weighted by atomic mass is 35.5. The monoisotopic (exact) mass is 434 g/mol. The molecule has 3 aromatic carbocycles. The Kier molecular flexibility index (Phi) is 7.89. The number of nitrogens with one attached hydrogen (secondary N) is 1. The number of rotatable bonds is 7. The van der Waals surface area contributed by atoms with Crippen LogP contribution in [0.5, 0.6) is 0 Å². The maximum absolute atomic E-state index is 13.0. The van der Waals surface area contributed by atoms with E-state index in [-0.39, 0.29) is 23.9 Å². The second-order valence-electron chi connectivity index (χ2n) is 8.07. The Morgan fingerprint density at radius 1 is 0.935 bits per heavy atom. The number of hydrogen-bond acceptors (Lipinski definition) is 2. The zero-order chi connectivity index (χ0) is 20.8. The van der Waals surface area contributed by atoms with Gasteiger partial charge in [-0.15, -0.1) is 12.4 Å². The third-order valence-corrected chi connectivity index (χ3v) is 6.17. The first kappa shape index (κ1) is 23.1. The Bertz CT molecular complexity index is 977. The van der Waals surface area contributed by atoms with Crippen LogP contribution in [0.15, 0.2) is 84.9 Å². The van der Waals surface area contributed by atoms with Crippen LogP contribution in [0.25, 0.3) is 0 Å². The molecule has 31 heavy (non-hydrogen) atoms. The largest absolute Gasteiger partial charge is 0.310 e. The number of hydrogen-bond donors (Lipinski definition) is 1. The van der Waals surface area contributed by atoms with Crippen molar-refractivity contribution >= 4 is 24.0 Å². The van der Waals surface area contributed by atoms with Gasteiger partial charge in [0.2, 0.25) is 5.91 Å². The van der Waals surface area contributed by atoms with Crippen LogP contribution < -0.4 is 10.2 Å². The predicted octanol–water partition coefficient (Wildman–Crippen LogP) is 5.53. The molecule has 1 aliphatic rings. The predicted molar refractivity (Wildman–Crippen MR) is 131 cm³/mol. The van der Waals surface area contributed by atoms with E-state index in [9.17, 15) is 4.79 Å². The van der Waals surface area contributed by atoms with Crippen LogP contribution in [-0.2, 0) is 23.2 Å². The summed E-state index contributed by atoms with van der Waals surface area (Å²) in [5, 5.41) is 3.84. The number of anilines is 1. The van der Waals surface area contributed by atoms with E-state index in [1.807, 2.05) is 42.2 Å². The number of para-hydroxylation sites is 1. The zero-order valence-electron chi connectivity index (χ0n) is 18.1. The van der Waals surface area contributed by atoms with Gasteiger partial charge in [-0.2, -0.15) is 0 Å². The van der Waals surface area contributed by atoms with Crippen molar-refractivity contribution in [3.63, 3.8) is 0 Å². The Morgan fingerprint density at radius 2 is 1.58 bits per heavy atom. The van der Waals surface area contributed by atoms with Gasteiger partial charge in [0.15, 0.2) is 0 Å². The number of nitrogens with zero attached hydrogens (tertiary/aromatic N) is 1. The first-order valence-electron chi connectivity index (χ1n) is 10.9. The number of fused-ring (bicyclic) bond motifs is 1. The molecule has 0 bridgehead atoms. The lowest BCUT2D eigenvalue weighted by Crippen LogP contribution is -2.55. The molecular weight excluding hydrogens is 404 g/mol. The molecule has 0 spiro atoms. The smallest absolute Gasteiger partial charge is 0.226 e. The van der Waals surface area contributed by atoms with Crippen molar-refractivity contribution in [3.8, 4) is 0 Å². The summed E-state index contributed by atoms with van der Waals surface area (Å²) in [6, 6.07) is 29.4. The summed E-state index contributed by atoms with van der Waals surface area (Å²) in [5.74, 6) is 0.158. The van der Waals surface area contributed by atoms with Crippen LogP contribution in [-0.4, -0.2) is 19.0 Å². The average Bonchev–Trinajstić information content (AvgIpc) is 2.82. The first-order valence-corrected chi connectivity index (χ1v) is 10.9. The van der Waals surface area contributed by atoms with Gasteiger partial charge >= 0.3 is 0 Å². The molecule has 0 radical (unpaired) electrons. The molecule has 0 saturated heterocycles. The number of carbonyl (C=O) groups excluding carboxylic acids is 1. The van der Waals surface area contributed by atoms with Crippen LogP contribution in [0.4, 0.5) is 5.69 Å². The second-order valence-corrected chi connectivity index (χ2v) is 8.07. The van der Waals surface area contributed by atoms with Crippen molar-refractivity contribution in [2.45, 2.75) is 38.1 Å². The van der Waals surface area contributed by atoms with Crippen molar-refractivity contribution in [2.75, 3.05) is 18.0 Å². The molecule has 0 aromatic heterocycles. The Labute approximate surface area is 191 Å². The van der Waals surface area contributed by atoms with Gasteiger partial charge in [0, 0.05) is 25.2 Å². The Morgan fingerprint density at radius 3 is 2.29 bits per heavy atom. The van der Waals surface area contributed by atoms with E-state index in [2.05, 4.69) is 59.9 Å². The summed E-state index contributed by atoms with van der Waals surface area (Å²) in [7, 11) is 0. The number of aryl methyl sites for hydroxylation is 1. The van der Waals surface area contributed by atoms with Crippen molar-refractivity contribution in [1.29, 1.82) is 0 Å². The summed E-state index contributed by atoms with van der Waals surface area (Å²) < 4.78 is 0. The molecule has 1 unspecified atom stereocenters. The fourth-order valence-corrected chi connectivity index (χ4v) is 4.57. The molecule has 1 heterocycles. The van der Waals surface area contributed by atoms with E-state index in [4.69, 9.17) is 0 Å². The second kappa shape index (κ2) is 10.6. The van der Waals surface area contributed by atoms with Gasteiger partial charge < -0.3 is 10.2 Å². The lowest BCUT2D eigenvalue weighted by molar-refractivity contribution is -0.118. The minimum Gasteiger partial charge on any atom is -0.310 e. The third-order valence-electron chi connectivity index (χ3n) is 6.17. The third kappa shape index (κ3) is 5.17. The molecule has 0 fully saturated rings. The lowest BCUT2D eigenvalue weighted by Gasteiger charge is -2.44. The van der Waals surface area contributed by atoms with Crippen molar-refractivity contribution in [2.24, 2.45) is 0 Å². The molecule has 3 nitrogen and oxygen atoms in total. The minimum atomic E-state index is -0.272. The molecule has 162 valence electrons. The molecule has 0 saturated carbocycles. The molecule has 3 aromatic rings. The van der Waals surface area contributed by atoms with Gasteiger partial charge in [0.25, 0.3) is 0 Å². The summed E-state index contributed by atoms with van der Waals surface area (Å²) in [5.41, 5.74) is 4.74. The number of carbonyl (C=O) groups is 1. The maximum Gasteiger partial charge on any atom is 0.226 e. The average molecular weight is 435 g/mol. The molecule has 1 aliphatic heterocycles. The van der Waals surface area contributed by atoms with E-state index in [0.29, 0.717) is 13.0 Å². The van der Waals surface area contributed by atoms with Crippen molar-refractivity contribution in [3.05, 3.63) is 102 Å². The fourth-order valence-electron chi connectivity index (χ4n) is 4.57. The van der Waals surface area contributed by atoms with Crippen molar-refractivity contribution in [1.82, 2.24) is 5.32 Å². The van der Waals surface area contributed by atoms with Crippen LogP contribution in [0.1, 0.15) is 36.5 Å². The molecule has 1 N–H and O–H groups in total.